The van der Waals surface area contributed by atoms with Gasteiger partial charge in [0.1, 0.15) is 19.0 Å². The number of carbonyl (C=O) groups excluding carboxylic acids is 3. The van der Waals surface area contributed by atoms with Gasteiger partial charge in [0.15, 0.2) is 0 Å². The van der Waals surface area contributed by atoms with Crippen LogP contribution in [0.25, 0.3) is 0 Å². The smallest absolute Gasteiger partial charge is 0.323 e. The topological polar surface area (TPSA) is 109 Å². The highest BCUT2D eigenvalue weighted by Gasteiger charge is 2.30. The molecule has 200 valence electrons. The van der Waals surface area contributed by atoms with Gasteiger partial charge in [-0.25, -0.2) is 4.79 Å². The van der Waals surface area contributed by atoms with Gasteiger partial charge < -0.3 is 34.6 Å². The number of rotatable bonds is 5. The first kappa shape index (κ1) is 27.9. The van der Waals surface area contributed by atoms with Gasteiger partial charge in [-0.15, -0.1) is 0 Å². The molecule has 1 aliphatic heterocycles. The molecule has 3 atom stereocenters. The summed E-state index contributed by atoms with van der Waals surface area (Å²) in [5.74, 6) is -0.125. The lowest BCUT2D eigenvalue weighted by atomic mass is 10.0. The molecular weight excluding hydrogens is 476 g/mol. The van der Waals surface area contributed by atoms with Gasteiger partial charge in [-0.05, 0) is 31.2 Å². The molecule has 0 bridgehead atoms. The second-order valence-electron chi connectivity index (χ2n) is 9.23. The van der Waals surface area contributed by atoms with Gasteiger partial charge in [0.25, 0.3) is 5.91 Å². The standard InChI is InChI=1S/C27H36N4O6/c1-18-14-31(25(32)17-35-4)19(2)16-37-23-13-21(29-27(34)28-20-9-7-6-8-10-20)11-12-22(23)26(33)30(3)15-24(18)36-5/h6-13,18-19,24H,14-17H2,1-5H3,(H2,28,29,34)/t18-,19-,24-/m0/s1. The number of anilines is 2. The number of nitrogens with one attached hydrogen (secondary N) is 2. The van der Waals surface area contributed by atoms with Crippen molar-refractivity contribution < 1.29 is 28.6 Å². The molecule has 2 aromatic rings. The Hall–Kier alpha value is -3.63. The van der Waals surface area contributed by atoms with Crippen LogP contribution >= 0.6 is 0 Å². The quantitative estimate of drug-likeness (QED) is 0.636. The number of likely N-dealkylation sites (N-methyl/N-ethyl adjacent to an activating group) is 1. The van der Waals surface area contributed by atoms with Crippen molar-refractivity contribution in [2.45, 2.75) is 26.0 Å². The lowest BCUT2D eigenvalue weighted by molar-refractivity contribution is -0.139. The number of methoxy groups -OCH3 is 2. The fourth-order valence-electron chi connectivity index (χ4n) is 4.22. The number of para-hydroxylation sites is 1. The SMILES string of the molecule is COCC(=O)N1C[C@H](C)[C@@H](OC)CN(C)C(=O)c2ccc(NC(=O)Nc3ccccc3)cc2OC[C@@H]1C. The molecule has 0 saturated heterocycles. The van der Waals surface area contributed by atoms with Crippen molar-refractivity contribution in [3.63, 3.8) is 0 Å². The van der Waals surface area contributed by atoms with Crippen LogP contribution in [-0.4, -0.2) is 87.4 Å². The first-order valence-corrected chi connectivity index (χ1v) is 12.2. The summed E-state index contributed by atoms with van der Waals surface area (Å²) < 4.78 is 16.9. The molecule has 1 aliphatic rings. The maximum absolute atomic E-state index is 13.3. The normalized spacial score (nSPS) is 20.7. The zero-order chi connectivity index (χ0) is 26.9. The zero-order valence-electron chi connectivity index (χ0n) is 22.0. The fraction of sp³-hybridized carbons (Fsp3) is 0.444. The highest BCUT2D eigenvalue weighted by molar-refractivity contribution is 6.01. The van der Waals surface area contributed by atoms with E-state index in [1.54, 1.807) is 54.3 Å². The maximum atomic E-state index is 13.3. The summed E-state index contributed by atoms with van der Waals surface area (Å²) in [6, 6.07) is 13.2. The molecule has 37 heavy (non-hydrogen) atoms. The Morgan fingerprint density at radius 2 is 1.73 bits per heavy atom. The minimum absolute atomic E-state index is 0.0443. The molecule has 0 spiro atoms. The predicted molar refractivity (Wildman–Crippen MR) is 141 cm³/mol. The van der Waals surface area contributed by atoms with Crippen LogP contribution in [0.5, 0.6) is 5.75 Å². The highest BCUT2D eigenvalue weighted by atomic mass is 16.5. The van der Waals surface area contributed by atoms with Crippen LogP contribution in [0, 0.1) is 5.92 Å². The summed E-state index contributed by atoms with van der Waals surface area (Å²) >= 11 is 0. The van der Waals surface area contributed by atoms with Crippen molar-refractivity contribution in [1.29, 1.82) is 0 Å². The van der Waals surface area contributed by atoms with E-state index in [2.05, 4.69) is 10.6 Å². The molecule has 0 aliphatic carbocycles. The van der Waals surface area contributed by atoms with Crippen LogP contribution in [0.3, 0.4) is 0 Å². The van der Waals surface area contributed by atoms with Crippen LogP contribution in [0.15, 0.2) is 48.5 Å². The Labute approximate surface area is 217 Å². The number of ether oxygens (including phenoxy) is 3. The average molecular weight is 513 g/mol. The van der Waals surface area contributed by atoms with Gasteiger partial charge in [-0.3, -0.25) is 9.59 Å². The summed E-state index contributed by atoms with van der Waals surface area (Å²) in [6.45, 7) is 4.72. The fourth-order valence-corrected chi connectivity index (χ4v) is 4.22. The molecule has 0 fully saturated rings. The van der Waals surface area contributed by atoms with Crippen LogP contribution in [0.2, 0.25) is 0 Å². The number of hydrogen-bond donors (Lipinski definition) is 2. The molecular formula is C27H36N4O6. The van der Waals surface area contributed by atoms with Crippen molar-refractivity contribution in [3.8, 4) is 5.75 Å². The van der Waals surface area contributed by atoms with Crippen LogP contribution < -0.4 is 15.4 Å². The molecule has 3 rings (SSSR count). The van der Waals surface area contributed by atoms with E-state index in [-0.39, 0.29) is 43.1 Å². The van der Waals surface area contributed by atoms with Crippen LogP contribution in [0.1, 0.15) is 24.2 Å². The number of urea groups is 1. The first-order valence-electron chi connectivity index (χ1n) is 12.2. The van der Waals surface area contributed by atoms with Crippen LogP contribution in [0.4, 0.5) is 16.2 Å². The maximum Gasteiger partial charge on any atom is 0.323 e. The van der Waals surface area contributed by atoms with E-state index in [1.165, 1.54) is 7.11 Å². The third kappa shape index (κ3) is 7.43. The monoisotopic (exact) mass is 512 g/mol. The Bertz CT molecular complexity index is 1080. The van der Waals surface area contributed by atoms with E-state index in [9.17, 15) is 14.4 Å². The molecule has 0 radical (unpaired) electrons. The molecule has 10 nitrogen and oxygen atoms in total. The first-order chi connectivity index (χ1) is 17.7. The lowest BCUT2D eigenvalue weighted by Gasteiger charge is -2.36. The molecule has 0 aromatic heterocycles. The summed E-state index contributed by atoms with van der Waals surface area (Å²) in [5, 5.41) is 5.53. The summed E-state index contributed by atoms with van der Waals surface area (Å²) in [7, 11) is 4.79. The largest absolute Gasteiger partial charge is 0.491 e. The number of amides is 4. The number of benzene rings is 2. The van der Waals surface area contributed by atoms with Crippen molar-refractivity contribution in [1.82, 2.24) is 9.80 Å². The summed E-state index contributed by atoms with van der Waals surface area (Å²) in [5.41, 5.74) is 1.45. The minimum atomic E-state index is -0.427. The van der Waals surface area contributed by atoms with Crippen LogP contribution in [-0.2, 0) is 14.3 Å². The van der Waals surface area contributed by atoms with Crippen molar-refractivity contribution >= 4 is 29.2 Å². The second-order valence-corrected chi connectivity index (χ2v) is 9.23. The van der Waals surface area contributed by atoms with Crippen molar-refractivity contribution in [3.05, 3.63) is 54.1 Å². The molecule has 4 amide bonds. The number of nitrogens with zero attached hydrogens (tertiary/aromatic N) is 2. The minimum Gasteiger partial charge on any atom is -0.491 e. The Balaban J connectivity index is 1.89. The molecule has 0 unspecified atom stereocenters. The number of fused-ring (bicyclic) bond motifs is 1. The van der Waals surface area contributed by atoms with E-state index in [0.29, 0.717) is 35.8 Å². The Morgan fingerprint density at radius 1 is 1.03 bits per heavy atom. The number of carbonyl (C=O) groups is 3. The molecule has 10 heteroatoms. The molecule has 2 aromatic carbocycles. The van der Waals surface area contributed by atoms with Gasteiger partial charge in [0.2, 0.25) is 5.91 Å². The van der Waals surface area contributed by atoms with Gasteiger partial charge >= 0.3 is 6.03 Å². The lowest BCUT2D eigenvalue weighted by Crippen LogP contribution is -2.49. The van der Waals surface area contributed by atoms with Gasteiger partial charge in [-0.2, -0.15) is 0 Å². The third-order valence-corrected chi connectivity index (χ3v) is 6.32. The van der Waals surface area contributed by atoms with Crippen molar-refractivity contribution in [2.24, 2.45) is 5.92 Å². The van der Waals surface area contributed by atoms with Gasteiger partial charge in [0, 0.05) is 57.7 Å². The Kier molecular flexibility index (Phi) is 9.87. The van der Waals surface area contributed by atoms with Gasteiger partial charge in [0.05, 0.1) is 17.7 Å². The van der Waals surface area contributed by atoms with Crippen molar-refractivity contribution in [2.75, 3.05) is 58.2 Å². The average Bonchev–Trinajstić information content (AvgIpc) is 2.88. The zero-order valence-corrected chi connectivity index (χ0v) is 22.0. The Morgan fingerprint density at radius 3 is 2.41 bits per heavy atom. The molecule has 2 N–H and O–H groups in total. The van der Waals surface area contributed by atoms with Gasteiger partial charge in [-0.1, -0.05) is 25.1 Å². The van der Waals surface area contributed by atoms with E-state index >= 15 is 0 Å². The number of hydrogen-bond acceptors (Lipinski definition) is 6. The van der Waals surface area contributed by atoms with E-state index in [0.717, 1.165) is 0 Å². The third-order valence-electron chi connectivity index (χ3n) is 6.32. The second kappa shape index (κ2) is 13.1. The van der Waals surface area contributed by atoms with E-state index in [1.807, 2.05) is 32.0 Å². The van der Waals surface area contributed by atoms with E-state index in [4.69, 9.17) is 14.2 Å². The molecule has 0 saturated carbocycles. The predicted octanol–water partition coefficient (Wildman–Crippen LogP) is 3.31. The summed E-state index contributed by atoms with van der Waals surface area (Å²) in [4.78, 5) is 42.0. The van der Waals surface area contributed by atoms with E-state index < -0.39 is 6.03 Å². The summed E-state index contributed by atoms with van der Waals surface area (Å²) in [6.07, 6.45) is -0.287. The molecule has 1 heterocycles. The highest BCUT2D eigenvalue weighted by Crippen LogP contribution is 2.27.